The number of nitrogens with zero attached hydrogens (tertiary/aromatic N) is 6. The van der Waals surface area contributed by atoms with E-state index in [1.54, 1.807) is 0 Å². The average Bonchev–Trinajstić information content (AvgIpc) is 3.25. The van der Waals surface area contributed by atoms with Crippen LogP contribution in [0.5, 0.6) is 0 Å². The number of hydrogen-bond acceptors (Lipinski definition) is 5. The number of rotatable bonds is 5. The molecular formula is C17H30IN7O. The van der Waals surface area contributed by atoms with Crippen LogP contribution in [0.15, 0.2) is 17.6 Å². The summed E-state index contributed by atoms with van der Waals surface area (Å²) in [6, 6.07) is 0.580. The van der Waals surface area contributed by atoms with Crippen LogP contribution in [0.2, 0.25) is 0 Å². The number of aliphatic imine (C=N–C) groups is 1. The standard InChI is InChI=1S/C17H29N7O.HI/c1-4-6-18-17(19-12-16-21-20-14(2)22(16)3)24-7-5-15(13-24)23-8-10-25-11-9-23;/h4,15H,1,5-13H2,2-3H3,(H,18,19);1H. The number of aryl methyl sites for hydroxylation is 1. The van der Waals surface area contributed by atoms with E-state index in [0.29, 0.717) is 19.1 Å². The maximum absolute atomic E-state index is 5.47. The molecular weight excluding hydrogens is 445 g/mol. The topological polar surface area (TPSA) is 70.8 Å². The van der Waals surface area contributed by atoms with Crippen LogP contribution in [-0.4, -0.2) is 82.5 Å². The molecule has 0 spiro atoms. The van der Waals surface area contributed by atoms with Gasteiger partial charge in [-0.05, 0) is 13.3 Å². The molecule has 2 aliphatic rings. The highest BCUT2D eigenvalue weighted by Crippen LogP contribution is 2.17. The van der Waals surface area contributed by atoms with Gasteiger partial charge < -0.3 is 19.5 Å². The molecule has 9 heteroatoms. The van der Waals surface area contributed by atoms with Crippen LogP contribution in [0, 0.1) is 6.92 Å². The fourth-order valence-electron chi connectivity index (χ4n) is 3.34. The van der Waals surface area contributed by atoms with Crippen LogP contribution < -0.4 is 5.32 Å². The van der Waals surface area contributed by atoms with Crippen LogP contribution in [0.3, 0.4) is 0 Å². The molecule has 8 nitrogen and oxygen atoms in total. The Morgan fingerprint density at radius 3 is 2.77 bits per heavy atom. The largest absolute Gasteiger partial charge is 0.379 e. The lowest BCUT2D eigenvalue weighted by Crippen LogP contribution is -2.46. The second-order valence-electron chi connectivity index (χ2n) is 6.57. The lowest BCUT2D eigenvalue weighted by atomic mass is 10.2. The van der Waals surface area contributed by atoms with Crippen molar-refractivity contribution in [3.05, 3.63) is 24.3 Å². The van der Waals surface area contributed by atoms with Gasteiger partial charge >= 0.3 is 0 Å². The molecule has 1 aromatic heterocycles. The molecule has 0 bridgehead atoms. The summed E-state index contributed by atoms with van der Waals surface area (Å²) in [5, 5.41) is 11.7. The van der Waals surface area contributed by atoms with Crippen molar-refractivity contribution in [1.29, 1.82) is 0 Å². The second-order valence-corrected chi connectivity index (χ2v) is 6.57. The van der Waals surface area contributed by atoms with Gasteiger partial charge in [0.1, 0.15) is 12.4 Å². The molecule has 0 aromatic carbocycles. The monoisotopic (exact) mass is 475 g/mol. The number of ether oxygens (including phenoxy) is 1. The fraction of sp³-hybridized carbons (Fsp3) is 0.706. The smallest absolute Gasteiger partial charge is 0.194 e. The lowest BCUT2D eigenvalue weighted by Gasteiger charge is -2.32. The molecule has 0 saturated carbocycles. The van der Waals surface area contributed by atoms with Gasteiger partial charge in [0.2, 0.25) is 0 Å². The van der Waals surface area contributed by atoms with Gasteiger partial charge in [-0.1, -0.05) is 6.08 Å². The van der Waals surface area contributed by atoms with E-state index in [2.05, 4.69) is 31.9 Å². The zero-order valence-electron chi connectivity index (χ0n) is 15.7. The van der Waals surface area contributed by atoms with Gasteiger partial charge in [0.05, 0.1) is 13.2 Å². The van der Waals surface area contributed by atoms with E-state index in [0.717, 1.165) is 63.4 Å². The molecule has 0 amide bonds. The summed E-state index contributed by atoms with van der Waals surface area (Å²) in [4.78, 5) is 9.67. The van der Waals surface area contributed by atoms with Crippen molar-refractivity contribution in [1.82, 2.24) is 29.9 Å². The molecule has 0 radical (unpaired) electrons. The number of likely N-dealkylation sites (tertiary alicyclic amines) is 1. The van der Waals surface area contributed by atoms with E-state index in [1.165, 1.54) is 0 Å². The van der Waals surface area contributed by atoms with Gasteiger partial charge in [-0.15, -0.1) is 40.8 Å². The lowest BCUT2D eigenvalue weighted by molar-refractivity contribution is 0.0195. The summed E-state index contributed by atoms with van der Waals surface area (Å²) in [6.07, 6.45) is 3.02. The van der Waals surface area contributed by atoms with Gasteiger partial charge in [-0.2, -0.15) is 0 Å². The minimum Gasteiger partial charge on any atom is -0.379 e. The highest BCUT2D eigenvalue weighted by Gasteiger charge is 2.30. The number of halogens is 1. The SMILES string of the molecule is C=CCNC(=NCc1nnc(C)n1C)N1CCC(N2CCOCC2)C1.I. The summed E-state index contributed by atoms with van der Waals surface area (Å²) < 4.78 is 7.45. The quantitative estimate of drug-likeness (QED) is 0.294. The zero-order chi connectivity index (χ0) is 17.6. The highest BCUT2D eigenvalue weighted by molar-refractivity contribution is 14.0. The predicted octanol–water partition coefficient (Wildman–Crippen LogP) is 0.780. The Bertz CT molecular complexity index is 612. The van der Waals surface area contributed by atoms with Crippen molar-refractivity contribution < 1.29 is 4.74 Å². The van der Waals surface area contributed by atoms with Crippen molar-refractivity contribution in [3.63, 3.8) is 0 Å². The first-order valence-electron chi connectivity index (χ1n) is 9.00. The van der Waals surface area contributed by atoms with Crippen LogP contribution in [0.1, 0.15) is 18.1 Å². The van der Waals surface area contributed by atoms with E-state index in [1.807, 2.05) is 24.6 Å². The van der Waals surface area contributed by atoms with E-state index >= 15 is 0 Å². The third kappa shape index (κ3) is 5.17. The zero-order valence-corrected chi connectivity index (χ0v) is 18.1. The normalized spacial score (nSPS) is 21.5. The van der Waals surface area contributed by atoms with Crippen LogP contribution in [0.25, 0.3) is 0 Å². The summed E-state index contributed by atoms with van der Waals surface area (Å²) in [5.74, 6) is 2.70. The molecule has 146 valence electrons. The fourth-order valence-corrected chi connectivity index (χ4v) is 3.34. The Balaban J connectivity index is 0.00000243. The molecule has 1 unspecified atom stereocenters. The van der Waals surface area contributed by atoms with Crippen LogP contribution >= 0.6 is 24.0 Å². The molecule has 2 saturated heterocycles. The minimum atomic E-state index is 0. The Morgan fingerprint density at radius 1 is 1.35 bits per heavy atom. The summed E-state index contributed by atoms with van der Waals surface area (Å²) in [6.45, 7) is 12.7. The number of guanidine groups is 1. The summed E-state index contributed by atoms with van der Waals surface area (Å²) in [5.41, 5.74) is 0. The number of nitrogens with one attached hydrogen (secondary N) is 1. The van der Waals surface area contributed by atoms with E-state index in [-0.39, 0.29) is 24.0 Å². The van der Waals surface area contributed by atoms with Crippen molar-refractivity contribution in [2.24, 2.45) is 12.0 Å². The molecule has 1 atom stereocenters. The second kappa shape index (κ2) is 10.2. The van der Waals surface area contributed by atoms with Gasteiger partial charge in [0, 0.05) is 45.8 Å². The Kier molecular flexibility index (Phi) is 8.29. The first kappa shape index (κ1) is 21.1. The van der Waals surface area contributed by atoms with Gasteiger partial charge in [0.25, 0.3) is 0 Å². The van der Waals surface area contributed by atoms with Gasteiger partial charge in [-0.3, -0.25) is 4.90 Å². The van der Waals surface area contributed by atoms with Crippen LogP contribution in [0.4, 0.5) is 0 Å². The molecule has 3 heterocycles. The maximum Gasteiger partial charge on any atom is 0.194 e. The Labute approximate surface area is 172 Å². The Hall–Kier alpha value is -1.20. The summed E-state index contributed by atoms with van der Waals surface area (Å²) >= 11 is 0. The third-order valence-electron chi connectivity index (χ3n) is 4.98. The van der Waals surface area contributed by atoms with Crippen LogP contribution in [-0.2, 0) is 18.3 Å². The molecule has 0 aliphatic carbocycles. The average molecular weight is 475 g/mol. The highest BCUT2D eigenvalue weighted by atomic mass is 127. The van der Waals surface area contributed by atoms with Crippen molar-refractivity contribution in [2.75, 3.05) is 45.9 Å². The Morgan fingerprint density at radius 2 is 2.12 bits per heavy atom. The first-order chi connectivity index (χ1) is 12.2. The van der Waals surface area contributed by atoms with Crippen molar-refractivity contribution in [2.45, 2.75) is 25.9 Å². The maximum atomic E-state index is 5.47. The molecule has 3 rings (SSSR count). The summed E-state index contributed by atoms with van der Waals surface area (Å²) in [7, 11) is 1.97. The van der Waals surface area contributed by atoms with E-state index < -0.39 is 0 Å². The van der Waals surface area contributed by atoms with Gasteiger partial charge in [-0.25, -0.2) is 4.99 Å². The number of hydrogen-bond donors (Lipinski definition) is 1. The minimum absolute atomic E-state index is 0. The van der Waals surface area contributed by atoms with Crippen molar-refractivity contribution >= 4 is 29.9 Å². The molecule has 26 heavy (non-hydrogen) atoms. The van der Waals surface area contributed by atoms with E-state index in [4.69, 9.17) is 9.73 Å². The third-order valence-corrected chi connectivity index (χ3v) is 4.98. The molecule has 2 fully saturated rings. The first-order valence-corrected chi connectivity index (χ1v) is 9.00. The van der Waals surface area contributed by atoms with E-state index in [9.17, 15) is 0 Å². The van der Waals surface area contributed by atoms with Crippen molar-refractivity contribution in [3.8, 4) is 0 Å². The predicted molar refractivity (Wildman–Crippen MR) is 113 cm³/mol. The molecule has 1 aromatic rings. The van der Waals surface area contributed by atoms with Gasteiger partial charge in [0.15, 0.2) is 11.8 Å². The number of morpholine rings is 1. The number of aromatic nitrogens is 3. The molecule has 2 aliphatic heterocycles. The molecule has 1 N–H and O–H groups in total.